The van der Waals surface area contributed by atoms with Gasteiger partial charge in [-0.15, -0.1) is 0 Å². The van der Waals surface area contributed by atoms with Gasteiger partial charge in [0.05, 0.1) is 24.5 Å². The summed E-state index contributed by atoms with van der Waals surface area (Å²) in [6.07, 6.45) is 0. The third-order valence-corrected chi connectivity index (χ3v) is 2.19. The van der Waals surface area contributed by atoms with Gasteiger partial charge in [-0.1, -0.05) is 0 Å². The molecule has 0 aromatic heterocycles. The number of ether oxygens (including phenoxy) is 1. The molecular weight excluding hydrogens is 225 g/mol. The first-order valence-electron chi connectivity index (χ1n) is 5.17. The van der Waals surface area contributed by atoms with Gasteiger partial charge in [0.1, 0.15) is 0 Å². The molecule has 0 aliphatic heterocycles. The first-order chi connectivity index (χ1) is 7.95. The van der Waals surface area contributed by atoms with E-state index in [1.807, 2.05) is 0 Å². The molecule has 0 atom stereocenters. The summed E-state index contributed by atoms with van der Waals surface area (Å²) in [5, 5.41) is 0. The van der Waals surface area contributed by atoms with Crippen LogP contribution in [0.3, 0.4) is 0 Å². The summed E-state index contributed by atoms with van der Waals surface area (Å²) < 4.78 is 18.5. The number of carbonyl (C=O) groups excluding carboxylic acids is 1. The molecule has 0 unspecified atom stereocenters. The highest BCUT2D eigenvalue weighted by atomic mass is 19.1. The molecule has 0 saturated heterocycles. The van der Waals surface area contributed by atoms with Crippen molar-refractivity contribution in [3.05, 3.63) is 17.9 Å². The number of halogens is 1. The van der Waals surface area contributed by atoms with Crippen molar-refractivity contribution in [1.82, 2.24) is 0 Å². The monoisotopic (exact) mass is 241 g/mol. The Balaban J connectivity index is 3.06. The number of likely N-dealkylation sites (N-methyl/N-ethyl adjacent to an activating group) is 1. The van der Waals surface area contributed by atoms with Crippen LogP contribution in [0.5, 0.6) is 5.75 Å². The van der Waals surface area contributed by atoms with Crippen molar-refractivity contribution in [2.75, 3.05) is 30.8 Å². The number of carbonyl (C=O) groups is 1. The van der Waals surface area contributed by atoms with E-state index in [0.29, 0.717) is 12.3 Å². The molecular formula is C11H16FN3O2. The topological polar surface area (TPSA) is 81.6 Å². The molecule has 1 aromatic carbocycles. The molecule has 0 heterocycles. The van der Waals surface area contributed by atoms with Crippen LogP contribution in [-0.4, -0.2) is 26.1 Å². The number of nitrogens with zero attached hydrogens (tertiary/aromatic N) is 1. The van der Waals surface area contributed by atoms with Gasteiger partial charge in [0, 0.05) is 19.2 Å². The molecule has 0 aliphatic rings. The van der Waals surface area contributed by atoms with Crippen molar-refractivity contribution < 1.29 is 13.9 Å². The number of benzene rings is 1. The molecule has 0 spiro atoms. The lowest BCUT2D eigenvalue weighted by Crippen LogP contribution is -2.31. The smallest absolute Gasteiger partial charge is 0.236 e. The number of amides is 1. The predicted octanol–water partition coefficient (Wildman–Crippen LogP) is 0.728. The number of nitrogen functional groups attached to an aromatic ring is 1. The number of hydrogen-bond donors (Lipinski definition) is 2. The lowest BCUT2D eigenvalue weighted by molar-refractivity contribution is -0.116. The Kier molecular flexibility index (Phi) is 4.14. The van der Waals surface area contributed by atoms with Crippen LogP contribution in [0.25, 0.3) is 0 Å². The highest BCUT2D eigenvalue weighted by Gasteiger charge is 2.13. The Morgan fingerprint density at radius 2 is 2.18 bits per heavy atom. The highest BCUT2D eigenvalue weighted by Crippen LogP contribution is 2.30. The van der Waals surface area contributed by atoms with Crippen LogP contribution in [0.1, 0.15) is 6.92 Å². The van der Waals surface area contributed by atoms with Gasteiger partial charge in [-0.25, -0.2) is 4.39 Å². The highest BCUT2D eigenvalue weighted by molar-refractivity contribution is 5.81. The Bertz CT molecular complexity index is 423. The molecule has 94 valence electrons. The van der Waals surface area contributed by atoms with Crippen molar-refractivity contribution in [2.24, 2.45) is 5.73 Å². The minimum atomic E-state index is -0.527. The van der Waals surface area contributed by atoms with Crippen LogP contribution in [0.2, 0.25) is 0 Å². The van der Waals surface area contributed by atoms with Crippen molar-refractivity contribution in [3.63, 3.8) is 0 Å². The molecule has 6 heteroatoms. The quantitative estimate of drug-likeness (QED) is 0.744. The second kappa shape index (κ2) is 5.38. The van der Waals surface area contributed by atoms with E-state index in [0.717, 1.165) is 6.07 Å². The van der Waals surface area contributed by atoms with Gasteiger partial charge in [-0.3, -0.25) is 4.79 Å². The van der Waals surface area contributed by atoms with Crippen molar-refractivity contribution in [1.29, 1.82) is 0 Å². The zero-order valence-corrected chi connectivity index (χ0v) is 9.87. The molecule has 0 aliphatic carbocycles. The van der Waals surface area contributed by atoms with Gasteiger partial charge in [0.15, 0.2) is 11.6 Å². The third kappa shape index (κ3) is 3.24. The van der Waals surface area contributed by atoms with Crippen LogP contribution in [0.4, 0.5) is 15.8 Å². The molecule has 17 heavy (non-hydrogen) atoms. The normalized spacial score (nSPS) is 10.1. The van der Waals surface area contributed by atoms with Gasteiger partial charge in [-0.2, -0.15) is 0 Å². The Hall–Kier alpha value is -1.98. The Morgan fingerprint density at radius 3 is 2.71 bits per heavy atom. The number of primary amides is 1. The molecule has 5 nitrogen and oxygen atoms in total. The van der Waals surface area contributed by atoms with Crippen molar-refractivity contribution in [3.8, 4) is 5.75 Å². The van der Waals surface area contributed by atoms with Crippen LogP contribution >= 0.6 is 0 Å². The summed E-state index contributed by atoms with van der Waals surface area (Å²) in [6, 6.07) is 2.62. The van der Waals surface area contributed by atoms with Crippen LogP contribution < -0.4 is 21.1 Å². The predicted molar refractivity (Wildman–Crippen MR) is 64.4 cm³/mol. The van der Waals surface area contributed by atoms with Gasteiger partial charge >= 0.3 is 0 Å². The van der Waals surface area contributed by atoms with E-state index < -0.39 is 11.7 Å². The fourth-order valence-corrected chi connectivity index (χ4v) is 1.47. The molecule has 1 amide bonds. The molecule has 0 bridgehead atoms. The van der Waals surface area contributed by atoms with Crippen LogP contribution in [0.15, 0.2) is 12.1 Å². The summed E-state index contributed by atoms with van der Waals surface area (Å²) in [5.41, 5.74) is 11.5. The molecule has 0 radical (unpaired) electrons. The number of hydrogen-bond acceptors (Lipinski definition) is 4. The Morgan fingerprint density at radius 1 is 1.53 bits per heavy atom. The molecule has 4 N–H and O–H groups in total. The third-order valence-electron chi connectivity index (χ3n) is 2.19. The standard InChI is InChI=1S/C11H16FN3O2/c1-3-17-10-5-9(8(13)4-7(10)12)15(2)6-11(14)16/h4-5H,3,6,13H2,1-2H3,(H2,14,16). The summed E-state index contributed by atoms with van der Waals surface area (Å²) in [6.45, 7) is 2.10. The molecule has 1 rings (SSSR count). The average Bonchev–Trinajstić information content (AvgIpc) is 2.21. The van der Waals surface area contributed by atoms with E-state index in [-0.39, 0.29) is 18.0 Å². The Labute approximate surface area is 99.1 Å². The minimum Gasteiger partial charge on any atom is -0.491 e. The summed E-state index contributed by atoms with van der Waals surface area (Å²) in [4.78, 5) is 12.3. The molecule has 0 fully saturated rings. The van der Waals surface area contributed by atoms with Gasteiger partial charge in [-0.05, 0) is 6.92 Å². The van der Waals surface area contributed by atoms with E-state index in [2.05, 4.69) is 0 Å². The maximum absolute atomic E-state index is 13.4. The molecule has 0 saturated carbocycles. The number of rotatable bonds is 5. The lowest BCUT2D eigenvalue weighted by Gasteiger charge is -2.20. The maximum atomic E-state index is 13.4. The van der Waals surface area contributed by atoms with E-state index in [9.17, 15) is 9.18 Å². The first-order valence-corrected chi connectivity index (χ1v) is 5.17. The lowest BCUT2D eigenvalue weighted by atomic mass is 10.2. The van der Waals surface area contributed by atoms with Crippen molar-refractivity contribution >= 4 is 17.3 Å². The van der Waals surface area contributed by atoms with Crippen LogP contribution in [0, 0.1) is 5.82 Å². The zero-order valence-electron chi connectivity index (χ0n) is 9.87. The first kappa shape index (κ1) is 13.1. The maximum Gasteiger partial charge on any atom is 0.236 e. The number of nitrogens with two attached hydrogens (primary N) is 2. The second-order valence-corrected chi connectivity index (χ2v) is 3.60. The van der Waals surface area contributed by atoms with E-state index in [1.54, 1.807) is 18.9 Å². The van der Waals surface area contributed by atoms with E-state index >= 15 is 0 Å². The van der Waals surface area contributed by atoms with E-state index in [4.69, 9.17) is 16.2 Å². The fourth-order valence-electron chi connectivity index (χ4n) is 1.47. The SMILES string of the molecule is CCOc1cc(N(C)CC(N)=O)c(N)cc1F. The van der Waals surface area contributed by atoms with E-state index in [1.165, 1.54) is 6.07 Å². The summed E-state index contributed by atoms with van der Waals surface area (Å²) >= 11 is 0. The van der Waals surface area contributed by atoms with Gasteiger partial charge in [0.2, 0.25) is 5.91 Å². The number of anilines is 2. The second-order valence-electron chi connectivity index (χ2n) is 3.60. The minimum absolute atomic E-state index is 0.00139. The molecule has 1 aromatic rings. The zero-order chi connectivity index (χ0) is 13.0. The summed E-state index contributed by atoms with van der Waals surface area (Å²) in [7, 11) is 1.64. The largest absolute Gasteiger partial charge is 0.491 e. The fraction of sp³-hybridized carbons (Fsp3) is 0.364. The van der Waals surface area contributed by atoms with Crippen molar-refractivity contribution in [2.45, 2.75) is 6.92 Å². The summed E-state index contributed by atoms with van der Waals surface area (Å²) in [5.74, 6) is -0.914. The average molecular weight is 241 g/mol. The van der Waals surface area contributed by atoms with Gasteiger partial charge < -0.3 is 21.1 Å². The van der Waals surface area contributed by atoms with Crippen LogP contribution in [-0.2, 0) is 4.79 Å². The van der Waals surface area contributed by atoms with Gasteiger partial charge in [0.25, 0.3) is 0 Å².